The Labute approximate surface area is 154 Å². The largest absolute Gasteiger partial charge is 0.336 e. The number of nitrogens with zero attached hydrogens (tertiary/aromatic N) is 4. The third kappa shape index (κ3) is 3.13. The maximum atomic E-state index is 12.7. The first-order valence-electron chi connectivity index (χ1n) is 7.86. The second-order valence-corrected chi connectivity index (χ2v) is 6.50. The SMILES string of the molecule is CN(Cc1cccc(Cl)c1)C(=O)c1ccc2c(=O)n(C)c(=O)n(C)c2n1. The van der Waals surface area contributed by atoms with Crippen LogP contribution >= 0.6 is 11.6 Å². The van der Waals surface area contributed by atoms with Crippen molar-refractivity contribution in [3.05, 3.63) is 73.5 Å². The average Bonchev–Trinajstić information content (AvgIpc) is 2.63. The molecule has 0 bridgehead atoms. The number of carbonyl (C=O) groups is 1. The van der Waals surface area contributed by atoms with Crippen LogP contribution in [0.2, 0.25) is 5.02 Å². The zero-order valence-corrected chi connectivity index (χ0v) is 15.3. The van der Waals surface area contributed by atoms with Crippen LogP contribution in [0.4, 0.5) is 0 Å². The van der Waals surface area contributed by atoms with E-state index in [1.165, 1.54) is 35.7 Å². The number of pyridine rings is 1. The summed E-state index contributed by atoms with van der Waals surface area (Å²) in [6.07, 6.45) is 0. The van der Waals surface area contributed by atoms with Crippen LogP contribution in [0.3, 0.4) is 0 Å². The molecule has 0 fully saturated rings. The van der Waals surface area contributed by atoms with E-state index in [4.69, 9.17) is 11.6 Å². The maximum absolute atomic E-state index is 12.7. The zero-order valence-electron chi connectivity index (χ0n) is 14.6. The fourth-order valence-electron chi connectivity index (χ4n) is 2.75. The molecule has 0 N–H and O–H groups in total. The van der Waals surface area contributed by atoms with Crippen molar-refractivity contribution in [2.45, 2.75) is 6.54 Å². The van der Waals surface area contributed by atoms with E-state index in [0.717, 1.165) is 10.1 Å². The van der Waals surface area contributed by atoms with E-state index in [9.17, 15) is 14.4 Å². The van der Waals surface area contributed by atoms with E-state index in [-0.39, 0.29) is 22.6 Å². The van der Waals surface area contributed by atoms with E-state index in [0.29, 0.717) is 11.6 Å². The van der Waals surface area contributed by atoms with Crippen LogP contribution in [-0.2, 0) is 20.6 Å². The Morgan fingerprint density at radius 1 is 1.15 bits per heavy atom. The van der Waals surface area contributed by atoms with Crippen molar-refractivity contribution < 1.29 is 4.79 Å². The van der Waals surface area contributed by atoms with Gasteiger partial charge in [-0.3, -0.25) is 18.7 Å². The first kappa shape index (κ1) is 17.9. The first-order chi connectivity index (χ1) is 12.3. The zero-order chi connectivity index (χ0) is 19.0. The van der Waals surface area contributed by atoms with Crippen molar-refractivity contribution in [1.82, 2.24) is 19.0 Å². The molecule has 0 radical (unpaired) electrons. The topological polar surface area (TPSA) is 77.2 Å². The third-order valence-electron chi connectivity index (χ3n) is 4.18. The van der Waals surface area contributed by atoms with Gasteiger partial charge in [-0.2, -0.15) is 0 Å². The van der Waals surface area contributed by atoms with Gasteiger partial charge in [0.05, 0.1) is 5.39 Å². The van der Waals surface area contributed by atoms with E-state index in [1.54, 1.807) is 19.2 Å². The number of aromatic nitrogens is 3. The normalized spacial score (nSPS) is 10.9. The lowest BCUT2D eigenvalue weighted by Gasteiger charge is -2.17. The highest BCUT2D eigenvalue weighted by Gasteiger charge is 2.17. The minimum absolute atomic E-state index is 0.158. The number of hydrogen-bond donors (Lipinski definition) is 0. The summed E-state index contributed by atoms with van der Waals surface area (Å²) in [5.74, 6) is -0.319. The number of rotatable bonds is 3. The van der Waals surface area contributed by atoms with Crippen LogP contribution < -0.4 is 11.2 Å². The van der Waals surface area contributed by atoms with Gasteiger partial charge < -0.3 is 4.90 Å². The number of halogens is 1. The molecule has 0 saturated carbocycles. The molecule has 0 aliphatic carbocycles. The number of hydrogen-bond acceptors (Lipinski definition) is 4. The van der Waals surface area contributed by atoms with Crippen LogP contribution in [0.15, 0.2) is 46.0 Å². The molecule has 134 valence electrons. The quantitative estimate of drug-likeness (QED) is 0.699. The Bertz CT molecular complexity index is 1130. The van der Waals surface area contributed by atoms with Crippen LogP contribution in [0.25, 0.3) is 11.0 Å². The molecule has 2 aromatic heterocycles. The lowest BCUT2D eigenvalue weighted by molar-refractivity contribution is 0.0779. The number of aryl methyl sites for hydroxylation is 1. The second-order valence-electron chi connectivity index (χ2n) is 6.06. The smallest absolute Gasteiger partial charge is 0.332 e. The van der Waals surface area contributed by atoms with Crippen LogP contribution in [-0.4, -0.2) is 32.0 Å². The molecule has 2 heterocycles. The number of fused-ring (bicyclic) bond motifs is 1. The molecule has 0 spiro atoms. The number of amides is 1. The van der Waals surface area contributed by atoms with E-state index >= 15 is 0 Å². The van der Waals surface area contributed by atoms with Crippen molar-refractivity contribution in [1.29, 1.82) is 0 Å². The molecule has 0 aliphatic rings. The molecule has 1 aromatic carbocycles. The minimum Gasteiger partial charge on any atom is -0.336 e. The van der Waals surface area contributed by atoms with E-state index in [2.05, 4.69) is 4.98 Å². The third-order valence-corrected chi connectivity index (χ3v) is 4.41. The molecule has 0 saturated heterocycles. The van der Waals surface area contributed by atoms with Gasteiger partial charge in [0.1, 0.15) is 11.3 Å². The molecule has 0 unspecified atom stereocenters. The van der Waals surface area contributed by atoms with Crippen molar-refractivity contribution in [2.24, 2.45) is 14.1 Å². The lowest BCUT2D eigenvalue weighted by atomic mass is 10.2. The lowest BCUT2D eigenvalue weighted by Crippen LogP contribution is -2.37. The summed E-state index contributed by atoms with van der Waals surface area (Å²) in [6.45, 7) is 0.356. The molecule has 26 heavy (non-hydrogen) atoms. The van der Waals surface area contributed by atoms with E-state index < -0.39 is 11.2 Å². The molecule has 0 aliphatic heterocycles. The molecule has 3 rings (SSSR count). The Hall–Kier alpha value is -2.93. The summed E-state index contributed by atoms with van der Waals surface area (Å²) in [5.41, 5.74) is 0.287. The maximum Gasteiger partial charge on any atom is 0.332 e. The van der Waals surface area contributed by atoms with Crippen molar-refractivity contribution in [2.75, 3.05) is 7.05 Å². The Morgan fingerprint density at radius 3 is 2.58 bits per heavy atom. The Morgan fingerprint density at radius 2 is 1.88 bits per heavy atom. The highest BCUT2D eigenvalue weighted by Crippen LogP contribution is 2.14. The van der Waals surface area contributed by atoms with Gasteiger partial charge in [-0.1, -0.05) is 23.7 Å². The number of benzene rings is 1. The molecule has 3 aromatic rings. The van der Waals surface area contributed by atoms with Crippen LogP contribution in [0, 0.1) is 0 Å². The monoisotopic (exact) mass is 372 g/mol. The summed E-state index contributed by atoms with van der Waals surface area (Å²) >= 11 is 5.97. The van der Waals surface area contributed by atoms with Gasteiger partial charge in [-0.15, -0.1) is 0 Å². The number of carbonyl (C=O) groups excluding carboxylic acids is 1. The predicted octanol–water partition coefficient (Wildman–Crippen LogP) is 1.56. The summed E-state index contributed by atoms with van der Waals surface area (Å²) in [6, 6.07) is 10.2. The Kier molecular flexibility index (Phi) is 4.65. The molecule has 0 atom stereocenters. The standard InChI is InChI=1S/C18H17ClN4O3/c1-21(10-11-5-4-6-12(19)9-11)17(25)14-8-7-13-15(20-14)22(2)18(26)23(3)16(13)24/h4-9H,10H2,1-3H3. The van der Waals surface area contributed by atoms with Crippen molar-refractivity contribution >= 4 is 28.5 Å². The van der Waals surface area contributed by atoms with Crippen molar-refractivity contribution in [3.63, 3.8) is 0 Å². The van der Waals surface area contributed by atoms with Gasteiger partial charge in [-0.05, 0) is 29.8 Å². The van der Waals surface area contributed by atoms with Gasteiger partial charge in [0, 0.05) is 32.7 Å². The minimum atomic E-state index is -0.494. The molecular weight excluding hydrogens is 356 g/mol. The molecule has 1 amide bonds. The summed E-state index contributed by atoms with van der Waals surface area (Å²) in [4.78, 5) is 42.7. The summed E-state index contributed by atoms with van der Waals surface area (Å²) in [7, 11) is 4.57. The van der Waals surface area contributed by atoms with Gasteiger partial charge in [0.2, 0.25) is 0 Å². The van der Waals surface area contributed by atoms with Gasteiger partial charge in [0.25, 0.3) is 11.5 Å². The first-order valence-corrected chi connectivity index (χ1v) is 8.24. The fraction of sp³-hybridized carbons (Fsp3) is 0.222. The molecule has 7 nitrogen and oxygen atoms in total. The predicted molar refractivity (Wildman–Crippen MR) is 99.5 cm³/mol. The second kappa shape index (κ2) is 6.76. The fourth-order valence-corrected chi connectivity index (χ4v) is 2.96. The van der Waals surface area contributed by atoms with Crippen LogP contribution in [0.1, 0.15) is 16.1 Å². The van der Waals surface area contributed by atoms with Gasteiger partial charge in [0.15, 0.2) is 0 Å². The van der Waals surface area contributed by atoms with Gasteiger partial charge in [-0.25, -0.2) is 9.78 Å². The van der Waals surface area contributed by atoms with Crippen LogP contribution in [0.5, 0.6) is 0 Å². The highest BCUT2D eigenvalue weighted by molar-refractivity contribution is 6.30. The highest BCUT2D eigenvalue weighted by atomic mass is 35.5. The molecular formula is C18H17ClN4O3. The summed E-state index contributed by atoms with van der Waals surface area (Å²) in [5, 5.41) is 0.877. The average molecular weight is 373 g/mol. The summed E-state index contributed by atoms with van der Waals surface area (Å²) < 4.78 is 2.27. The van der Waals surface area contributed by atoms with Gasteiger partial charge >= 0.3 is 5.69 Å². The molecule has 8 heteroatoms. The Balaban J connectivity index is 1.98. The van der Waals surface area contributed by atoms with Crippen molar-refractivity contribution in [3.8, 4) is 0 Å². The van der Waals surface area contributed by atoms with E-state index in [1.807, 2.05) is 12.1 Å².